The second kappa shape index (κ2) is 5.92. The fourth-order valence-electron chi connectivity index (χ4n) is 3.01. The molecule has 0 aliphatic carbocycles. The average molecular weight is 316 g/mol. The van der Waals surface area contributed by atoms with Gasteiger partial charge in [-0.1, -0.05) is 12.1 Å². The van der Waals surface area contributed by atoms with Crippen molar-refractivity contribution < 1.29 is 23.9 Å². The molecule has 1 atom stereocenters. The molecule has 4 amide bonds. The predicted molar refractivity (Wildman–Crippen MR) is 78.7 cm³/mol. The van der Waals surface area contributed by atoms with Crippen LogP contribution in [0.3, 0.4) is 0 Å². The third kappa shape index (κ3) is 2.53. The quantitative estimate of drug-likeness (QED) is 0.805. The number of rotatable bonds is 4. The Bertz CT molecular complexity index is 712. The van der Waals surface area contributed by atoms with Crippen LogP contribution in [0.1, 0.15) is 39.1 Å². The Labute approximate surface area is 132 Å². The number of nitrogens with one attached hydrogen (secondary N) is 1. The first-order chi connectivity index (χ1) is 11.0. The predicted octanol–water partition coefficient (Wildman–Crippen LogP) is 0.277. The van der Waals surface area contributed by atoms with E-state index in [0.717, 1.165) is 10.5 Å². The molecule has 1 aromatic rings. The Balaban J connectivity index is 1.94. The van der Waals surface area contributed by atoms with Crippen molar-refractivity contribution in [2.75, 3.05) is 13.7 Å². The highest BCUT2D eigenvalue weighted by Gasteiger charge is 2.45. The summed E-state index contributed by atoms with van der Waals surface area (Å²) in [6, 6.07) is 4.13. The first-order valence-electron chi connectivity index (χ1n) is 7.37. The van der Waals surface area contributed by atoms with Crippen LogP contribution < -0.4 is 5.32 Å². The van der Waals surface area contributed by atoms with E-state index in [9.17, 15) is 19.2 Å². The van der Waals surface area contributed by atoms with Crippen LogP contribution in [-0.2, 0) is 20.7 Å². The molecule has 3 rings (SSSR count). The maximum absolute atomic E-state index is 12.7. The topological polar surface area (TPSA) is 92.8 Å². The van der Waals surface area contributed by atoms with Gasteiger partial charge < -0.3 is 4.74 Å². The highest BCUT2D eigenvalue weighted by Crippen LogP contribution is 2.30. The second-order valence-electron chi connectivity index (χ2n) is 5.53. The molecule has 1 aromatic carbocycles. The van der Waals surface area contributed by atoms with Crippen molar-refractivity contribution in [2.24, 2.45) is 0 Å². The zero-order valence-corrected chi connectivity index (χ0v) is 12.6. The molecule has 1 unspecified atom stereocenters. The molecule has 1 N–H and O–H groups in total. The van der Waals surface area contributed by atoms with E-state index in [2.05, 4.69) is 5.32 Å². The standard InChI is InChI=1S/C16H16N2O5/c1-23-8-7-9-3-2-4-10-13(9)16(22)18(15(10)21)11-5-6-12(19)17-14(11)20/h2-4,11H,5-8H2,1H3,(H,17,19,20). The molecular weight excluding hydrogens is 300 g/mol. The number of ether oxygens (including phenoxy) is 1. The molecule has 2 aliphatic rings. The molecule has 2 heterocycles. The molecule has 0 aromatic heterocycles. The summed E-state index contributed by atoms with van der Waals surface area (Å²) in [7, 11) is 1.56. The molecule has 2 aliphatic heterocycles. The maximum Gasteiger partial charge on any atom is 0.262 e. The monoisotopic (exact) mass is 316 g/mol. The van der Waals surface area contributed by atoms with Crippen molar-refractivity contribution in [2.45, 2.75) is 25.3 Å². The maximum atomic E-state index is 12.7. The van der Waals surface area contributed by atoms with Crippen molar-refractivity contribution in [1.29, 1.82) is 0 Å². The van der Waals surface area contributed by atoms with Crippen LogP contribution >= 0.6 is 0 Å². The number of piperidine rings is 1. The molecule has 7 heteroatoms. The van der Waals surface area contributed by atoms with Crippen LogP contribution in [0.15, 0.2) is 18.2 Å². The van der Waals surface area contributed by atoms with E-state index in [-0.39, 0.29) is 18.7 Å². The highest BCUT2D eigenvalue weighted by molar-refractivity contribution is 6.24. The number of carbonyl (C=O) groups is 4. The van der Waals surface area contributed by atoms with Crippen LogP contribution in [0.5, 0.6) is 0 Å². The van der Waals surface area contributed by atoms with Gasteiger partial charge in [0, 0.05) is 13.5 Å². The first-order valence-corrected chi connectivity index (χ1v) is 7.37. The van der Waals surface area contributed by atoms with Crippen molar-refractivity contribution in [3.63, 3.8) is 0 Å². The van der Waals surface area contributed by atoms with Gasteiger partial charge in [0.05, 0.1) is 17.7 Å². The van der Waals surface area contributed by atoms with Gasteiger partial charge in [0.25, 0.3) is 11.8 Å². The van der Waals surface area contributed by atoms with E-state index in [1.807, 2.05) is 0 Å². The van der Waals surface area contributed by atoms with E-state index in [1.54, 1.807) is 25.3 Å². The summed E-state index contributed by atoms with van der Waals surface area (Å²) >= 11 is 0. The zero-order chi connectivity index (χ0) is 16.6. The van der Waals surface area contributed by atoms with Gasteiger partial charge in [-0.15, -0.1) is 0 Å². The lowest BCUT2D eigenvalue weighted by Gasteiger charge is -2.27. The van der Waals surface area contributed by atoms with E-state index in [4.69, 9.17) is 4.74 Å². The van der Waals surface area contributed by atoms with Gasteiger partial charge >= 0.3 is 0 Å². The Kier molecular flexibility index (Phi) is 3.96. The Hall–Kier alpha value is -2.54. The fourth-order valence-corrected chi connectivity index (χ4v) is 3.01. The number of hydrogen-bond donors (Lipinski definition) is 1. The molecule has 120 valence electrons. The Morgan fingerprint density at radius 2 is 2.00 bits per heavy atom. The number of benzene rings is 1. The number of carbonyl (C=O) groups excluding carboxylic acids is 4. The molecule has 1 fully saturated rings. The van der Waals surface area contributed by atoms with Gasteiger partial charge in [-0.25, -0.2) is 0 Å². The smallest absolute Gasteiger partial charge is 0.262 e. The van der Waals surface area contributed by atoms with E-state index < -0.39 is 23.8 Å². The van der Waals surface area contributed by atoms with Gasteiger partial charge in [0.2, 0.25) is 11.8 Å². The van der Waals surface area contributed by atoms with Gasteiger partial charge in [0.1, 0.15) is 6.04 Å². The molecule has 0 saturated carbocycles. The largest absolute Gasteiger partial charge is 0.384 e. The van der Waals surface area contributed by atoms with Crippen LogP contribution in [0.4, 0.5) is 0 Å². The van der Waals surface area contributed by atoms with Gasteiger partial charge in [-0.05, 0) is 24.5 Å². The third-order valence-electron chi connectivity index (χ3n) is 4.13. The Morgan fingerprint density at radius 3 is 2.70 bits per heavy atom. The number of amides is 4. The number of hydrogen-bond acceptors (Lipinski definition) is 5. The first kappa shape index (κ1) is 15.4. The summed E-state index contributed by atoms with van der Waals surface area (Å²) in [4.78, 5) is 49.5. The summed E-state index contributed by atoms with van der Waals surface area (Å²) in [6.45, 7) is 0.427. The van der Waals surface area contributed by atoms with Crippen LogP contribution in [0.25, 0.3) is 0 Å². The zero-order valence-electron chi connectivity index (χ0n) is 12.6. The van der Waals surface area contributed by atoms with Gasteiger partial charge in [-0.2, -0.15) is 0 Å². The molecule has 23 heavy (non-hydrogen) atoms. The molecule has 0 radical (unpaired) electrons. The summed E-state index contributed by atoms with van der Waals surface area (Å²) in [5.74, 6) is -1.96. The minimum atomic E-state index is -0.935. The van der Waals surface area contributed by atoms with E-state index in [1.165, 1.54) is 0 Å². The number of methoxy groups -OCH3 is 1. The van der Waals surface area contributed by atoms with Crippen molar-refractivity contribution in [1.82, 2.24) is 10.2 Å². The second-order valence-corrected chi connectivity index (χ2v) is 5.53. The summed E-state index contributed by atoms with van der Waals surface area (Å²) in [6.07, 6.45) is 0.770. The molecule has 1 saturated heterocycles. The number of fused-ring (bicyclic) bond motifs is 1. The lowest BCUT2D eigenvalue weighted by molar-refractivity contribution is -0.136. The number of imide groups is 2. The normalized spacial score (nSPS) is 20.7. The van der Waals surface area contributed by atoms with Crippen LogP contribution in [0.2, 0.25) is 0 Å². The molecule has 7 nitrogen and oxygen atoms in total. The summed E-state index contributed by atoms with van der Waals surface area (Å²) in [5.41, 5.74) is 1.35. The minimum Gasteiger partial charge on any atom is -0.384 e. The molecule has 0 bridgehead atoms. The summed E-state index contributed by atoms with van der Waals surface area (Å²) in [5, 5.41) is 2.18. The van der Waals surface area contributed by atoms with E-state index in [0.29, 0.717) is 24.2 Å². The van der Waals surface area contributed by atoms with Gasteiger partial charge in [0.15, 0.2) is 0 Å². The van der Waals surface area contributed by atoms with Crippen LogP contribution in [-0.4, -0.2) is 48.3 Å². The van der Waals surface area contributed by atoms with Gasteiger partial charge in [-0.3, -0.25) is 29.4 Å². The highest BCUT2D eigenvalue weighted by atomic mass is 16.5. The van der Waals surface area contributed by atoms with Crippen molar-refractivity contribution in [3.05, 3.63) is 34.9 Å². The fraction of sp³-hybridized carbons (Fsp3) is 0.375. The Morgan fingerprint density at radius 1 is 1.22 bits per heavy atom. The molecule has 0 spiro atoms. The SMILES string of the molecule is COCCc1cccc2c1C(=O)N(C1CCC(=O)NC1=O)C2=O. The van der Waals surface area contributed by atoms with Crippen LogP contribution in [0, 0.1) is 0 Å². The third-order valence-corrected chi connectivity index (χ3v) is 4.13. The lowest BCUT2D eigenvalue weighted by atomic mass is 10.0. The lowest BCUT2D eigenvalue weighted by Crippen LogP contribution is -2.54. The summed E-state index contributed by atoms with van der Waals surface area (Å²) < 4.78 is 5.03. The molecular formula is C16H16N2O5. The van der Waals surface area contributed by atoms with E-state index >= 15 is 0 Å². The van der Waals surface area contributed by atoms with Crippen molar-refractivity contribution >= 4 is 23.6 Å². The minimum absolute atomic E-state index is 0.111. The van der Waals surface area contributed by atoms with Crippen molar-refractivity contribution in [3.8, 4) is 0 Å². The number of nitrogens with zero attached hydrogens (tertiary/aromatic N) is 1. The average Bonchev–Trinajstić information content (AvgIpc) is 2.78.